The van der Waals surface area contributed by atoms with Gasteiger partial charge in [-0.1, -0.05) is 18.7 Å². The largest absolute Gasteiger partial charge is 0.489 e. The lowest BCUT2D eigenvalue weighted by Gasteiger charge is -2.08. The highest BCUT2D eigenvalue weighted by Gasteiger charge is 2.08. The predicted molar refractivity (Wildman–Crippen MR) is 58.2 cm³/mol. The van der Waals surface area contributed by atoms with Gasteiger partial charge in [-0.15, -0.1) is 0 Å². The first-order valence-electron chi connectivity index (χ1n) is 4.61. The highest BCUT2D eigenvalue weighted by Crippen LogP contribution is 2.19. The van der Waals surface area contributed by atoms with Crippen LogP contribution >= 0.6 is 0 Å². The minimum absolute atomic E-state index is 0.363. The summed E-state index contributed by atoms with van der Waals surface area (Å²) in [6, 6.07) is 5.21. The normalized spacial score (nSPS) is 9.47. The minimum atomic E-state index is -0.363. The van der Waals surface area contributed by atoms with Crippen LogP contribution in [0.2, 0.25) is 0 Å². The molecule has 1 rings (SSSR count). The number of ether oxygens (including phenoxy) is 2. The molecule has 0 atom stereocenters. The molecule has 0 N–H and O–H groups in total. The van der Waals surface area contributed by atoms with Crippen molar-refractivity contribution in [2.75, 3.05) is 13.7 Å². The maximum atomic E-state index is 11.3. The molecule has 0 unspecified atom stereocenters. The maximum Gasteiger partial charge on any atom is 0.337 e. The Hall–Kier alpha value is -1.77. The van der Waals surface area contributed by atoms with Gasteiger partial charge in [0.2, 0.25) is 0 Å². The quantitative estimate of drug-likeness (QED) is 0.560. The van der Waals surface area contributed by atoms with Crippen LogP contribution in [0.5, 0.6) is 5.75 Å². The first-order chi connectivity index (χ1) is 7.19. The molecule has 0 fully saturated rings. The summed E-state index contributed by atoms with van der Waals surface area (Å²) in [7, 11) is 1.35. The SMILES string of the molecule is C=CCOc1cc(C(=O)OC)ccc1C. The van der Waals surface area contributed by atoms with E-state index in [2.05, 4.69) is 11.3 Å². The second-order valence-electron chi connectivity index (χ2n) is 3.07. The molecular formula is C12H14O3. The molecule has 0 radical (unpaired) electrons. The summed E-state index contributed by atoms with van der Waals surface area (Å²) in [5.74, 6) is 0.316. The minimum Gasteiger partial charge on any atom is -0.489 e. The van der Waals surface area contributed by atoms with E-state index < -0.39 is 0 Å². The van der Waals surface area contributed by atoms with Gasteiger partial charge >= 0.3 is 5.97 Å². The van der Waals surface area contributed by atoms with Crippen LogP contribution in [0.15, 0.2) is 30.9 Å². The molecule has 0 heterocycles. The van der Waals surface area contributed by atoms with E-state index in [4.69, 9.17) is 4.74 Å². The van der Waals surface area contributed by atoms with Crippen molar-refractivity contribution in [2.24, 2.45) is 0 Å². The second-order valence-corrected chi connectivity index (χ2v) is 3.07. The summed E-state index contributed by atoms with van der Waals surface area (Å²) in [5, 5.41) is 0. The Balaban J connectivity index is 2.94. The molecule has 0 bridgehead atoms. The van der Waals surface area contributed by atoms with Gasteiger partial charge in [-0.25, -0.2) is 4.79 Å². The van der Waals surface area contributed by atoms with Gasteiger partial charge in [0.25, 0.3) is 0 Å². The molecule has 0 saturated carbocycles. The topological polar surface area (TPSA) is 35.5 Å². The number of rotatable bonds is 4. The Labute approximate surface area is 89.3 Å². The Kier molecular flexibility index (Phi) is 3.92. The third-order valence-electron chi connectivity index (χ3n) is 1.97. The van der Waals surface area contributed by atoms with E-state index in [0.29, 0.717) is 17.9 Å². The molecule has 80 valence electrons. The molecule has 0 aliphatic heterocycles. The van der Waals surface area contributed by atoms with E-state index in [0.717, 1.165) is 5.56 Å². The molecule has 1 aromatic carbocycles. The fraction of sp³-hybridized carbons (Fsp3) is 0.250. The molecule has 0 aliphatic carbocycles. The van der Waals surface area contributed by atoms with Crippen molar-refractivity contribution in [3.63, 3.8) is 0 Å². The summed E-state index contributed by atoms with van der Waals surface area (Å²) in [4.78, 5) is 11.3. The number of benzene rings is 1. The third kappa shape index (κ3) is 2.84. The lowest BCUT2D eigenvalue weighted by atomic mass is 10.1. The molecule has 3 nitrogen and oxygen atoms in total. The van der Waals surface area contributed by atoms with E-state index in [-0.39, 0.29) is 5.97 Å². The zero-order chi connectivity index (χ0) is 11.3. The van der Waals surface area contributed by atoms with Gasteiger partial charge in [0, 0.05) is 0 Å². The van der Waals surface area contributed by atoms with Gasteiger partial charge in [0.1, 0.15) is 12.4 Å². The monoisotopic (exact) mass is 206 g/mol. The van der Waals surface area contributed by atoms with E-state index in [1.54, 1.807) is 18.2 Å². The smallest absolute Gasteiger partial charge is 0.337 e. The summed E-state index contributed by atoms with van der Waals surface area (Å²) < 4.78 is 10.0. The summed E-state index contributed by atoms with van der Waals surface area (Å²) in [6.45, 7) is 5.90. The van der Waals surface area contributed by atoms with Crippen molar-refractivity contribution >= 4 is 5.97 Å². The average Bonchev–Trinajstić information content (AvgIpc) is 2.27. The van der Waals surface area contributed by atoms with Crippen LogP contribution in [0, 0.1) is 6.92 Å². The number of aryl methyl sites for hydroxylation is 1. The Morgan fingerprint density at radius 1 is 1.53 bits per heavy atom. The number of methoxy groups -OCH3 is 1. The van der Waals surface area contributed by atoms with Crippen molar-refractivity contribution in [1.82, 2.24) is 0 Å². The molecule has 0 amide bonds. The standard InChI is InChI=1S/C12H14O3/c1-4-7-15-11-8-10(12(13)14-3)6-5-9(11)2/h4-6,8H,1,7H2,2-3H3. The molecule has 0 spiro atoms. The molecule has 15 heavy (non-hydrogen) atoms. The molecule has 0 saturated heterocycles. The van der Waals surface area contributed by atoms with Crippen LogP contribution in [0.4, 0.5) is 0 Å². The fourth-order valence-corrected chi connectivity index (χ4v) is 1.15. The van der Waals surface area contributed by atoms with Crippen molar-refractivity contribution in [1.29, 1.82) is 0 Å². The Bertz CT molecular complexity index is 369. The fourth-order valence-electron chi connectivity index (χ4n) is 1.15. The molecule has 0 aromatic heterocycles. The second kappa shape index (κ2) is 5.20. The summed E-state index contributed by atoms with van der Waals surface area (Å²) in [5.41, 5.74) is 1.46. The summed E-state index contributed by atoms with van der Waals surface area (Å²) in [6.07, 6.45) is 1.66. The lowest BCUT2D eigenvalue weighted by molar-refractivity contribution is 0.0600. The van der Waals surface area contributed by atoms with Gasteiger partial charge in [-0.05, 0) is 24.6 Å². The maximum absolute atomic E-state index is 11.3. The molecule has 1 aromatic rings. The highest BCUT2D eigenvalue weighted by molar-refractivity contribution is 5.89. The Morgan fingerprint density at radius 3 is 2.87 bits per heavy atom. The number of esters is 1. The van der Waals surface area contributed by atoms with Crippen molar-refractivity contribution in [3.8, 4) is 5.75 Å². The number of hydrogen-bond acceptors (Lipinski definition) is 3. The lowest BCUT2D eigenvalue weighted by Crippen LogP contribution is -2.03. The van der Waals surface area contributed by atoms with E-state index >= 15 is 0 Å². The van der Waals surface area contributed by atoms with Gasteiger partial charge in [-0.2, -0.15) is 0 Å². The van der Waals surface area contributed by atoms with Gasteiger partial charge in [0.05, 0.1) is 12.7 Å². The zero-order valence-corrected chi connectivity index (χ0v) is 8.95. The van der Waals surface area contributed by atoms with Gasteiger partial charge in [0.15, 0.2) is 0 Å². The van der Waals surface area contributed by atoms with Crippen molar-refractivity contribution in [3.05, 3.63) is 42.0 Å². The summed E-state index contributed by atoms with van der Waals surface area (Å²) >= 11 is 0. The first-order valence-corrected chi connectivity index (χ1v) is 4.61. The van der Waals surface area contributed by atoms with Gasteiger partial charge in [-0.3, -0.25) is 0 Å². The predicted octanol–water partition coefficient (Wildman–Crippen LogP) is 2.35. The number of carbonyl (C=O) groups excluding carboxylic acids is 1. The number of hydrogen-bond donors (Lipinski definition) is 0. The highest BCUT2D eigenvalue weighted by atomic mass is 16.5. The Morgan fingerprint density at radius 2 is 2.27 bits per heavy atom. The van der Waals surface area contributed by atoms with Crippen molar-refractivity contribution in [2.45, 2.75) is 6.92 Å². The molecule has 3 heteroatoms. The first kappa shape index (κ1) is 11.3. The van der Waals surface area contributed by atoms with Crippen LogP contribution < -0.4 is 4.74 Å². The van der Waals surface area contributed by atoms with Crippen LogP contribution in [-0.4, -0.2) is 19.7 Å². The molecule has 0 aliphatic rings. The van der Waals surface area contributed by atoms with Crippen molar-refractivity contribution < 1.29 is 14.3 Å². The van der Waals surface area contributed by atoms with E-state index in [9.17, 15) is 4.79 Å². The van der Waals surface area contributed by atoms with Crippen LogP contribution in [0.1, 0.15) is 15.9 Å². The van der Waals surface area contributed by atoms with Crippen LogP contribution in [0.25, 0.3) is 0 Å². The number of carbonyl (C=O) groups is 1. The average molecular weight is 206 g/mol. The van der Waals surface area contributed by atoms with E-state index in [1.165, 1.54) is 7.11 Å². The van der Waals surface area contributed by atoms with Gasteiger partial charge < -0.3 is 9.47 Å². The molecular weight excluding hydrogens is 192 g/mol. The zero-order valence-electron chi connectivity index (χ0n) is 8.95. The van der Waals surface area contributed by atoms with Crippen LogP contribution in [0.3, 0.4) is 0 Å². The third-order valence-corrected chi connectivity index (χ3v) is 1.97. The van der Waals surface area contributed by atoms with E-state index in [1.807, 2.05) is 13.0 Å². The van der Waals surface area contributed by atoms with Crippen LogP contribution in [-0.2, 0) is 4.74 Å².